The van der Waals surface area contributed by atoms with Crippen molar-refractivity contribution in [3.63, 3.8) is 0 Å². The predicted molar refractivity (Wildman–Crippen MR) is 71.8 cm³/mol. The van der Waals surface area contributed by atoms with Gasteiger partial charge in [-0.15, -0.1) is 0 Å². The third-order valence-corrected chi connectivity index (χ3v) is 3.35. The van der Waals surface area contributed by atoms with Crippen LogP contribution in [0.1, 0.15) is 18.9 Å². The van der Waals surface area contributed by atoms with Crippen LogP contribution >= 0.6 is 15.9 Å². The van der Waals surface area contributed by atoms with Crippen molar-refractivity contribution in [2.45, 2.75) is 31.9 Å². The van der Waals surface area contributed by atoms with Crippen molar-refractivity contribution in [2.24, 2.45) is 0 Å². The Hall–Kier alpha value is -0.380. The number of rotatable bonds is 6. The Morgan fingerprint density at radius 1 is 1.31 bits per heavy atom. The van der Waals surface area contributed by atoms with E-state index in [2.05, 4.69) is 52.4 Å². The highest BCUT2D eigenvalue weighted by molar-refractivity contribution is 9.10. The average molecular weight is 286 g/mol. The van der Waals surface area contributed by atoms with Crippen molar-refractivity contribution in [1.29, 1.82) is 0 Å². The van der Waals surface area contributed by atoms with Gasteiger partial charge in [-0.2, -0.15) is 0 Å². The topological polar surface area (TPSA) is 21.3 Å². The molecule has 90 valence electrons. The summed E-state index contributed by atoms with van der Waals surface area (Å²) in [7, 11) is 3.77. The van der Waals surface area contributed by atoms with Gasteiger partial charge in [0.1, 0.15) is 0 Å². The van der Waals surface area contributed by atoms with Crippen molar-refractivity contribution in [3.8, 4) is 0 Å². The van der Waals surface area contributed by atoms with Crippen LogP contribution < -0.4 is 5.32 Å². The summed E-state index contributed by atoms with van der Waals surface area (Å²) in [4.78, 5) is 0. The van der Waals surface area contributed by atoms with Crippen LogP contribution in [0.4, 0.5) is 0 Å². The minimum Gasteiger partial charge on any atom is -0.382 e. The first-order chi connectivity index (χ1) is 7.65. The van der Waals surface area contributed by atoms with Crippen LogP contribution in [0.2, 0.25) is 0 Å². The van der Waals surface area contributed by atoms with Gasteiger partial charge >= 0.3 is 0 Å². The van der Waals surface area contributed by atoms with E-state index in [4.69, 9.17) is 4.74 Å². The molecule has 2 atom stereocenters. The Bertz CT molecular complexity index is 299. The summed E-state index contributed by atoms with van der Waals surface area (Å²) in [6.07, 6.45) is 2.37. The van der Waals surface area contributed by atoms with Gasteiger partial charge in [-0.3, -0.25) is 0 Å². The van der Waals surface area contributed by atoms with Gasteiger partial charge in [0.15, 0.2) is 0 Å². The molecule has 0 aliphatic carbocycles. The molecular weight excluding hydrogens is 266 g/mol. The highest BCUT2D eigenvalue weighted by atomic mass is 79.9. The summed E-state index contributed by atoms with van der Waals surface area (Å²) in [6.45, 7) is 2.10. The maximum absolute atomic E-state index is 5.29. The molecule has 3 heteroatoms. The predicted octanol–water partition coefficient (Wildman–Crippen LogP) is 3.00. The van der Waals surface area contributed by atoms with E-state index in [1.807, 2.05) is 7.05 Å². The molecule has 0 saturated carbocycles. The van der Waals surface area contributed by atoms with E-state index < -0.39 is 0 Å². The van der Waals surface area contributed by atoms with E-state index in [0.29, 0.717) is 12.1 Å². The molecule has 1 aromatic carbocycles. The number of nitrogens with one attached hydrogen (secondary N) is 1. The molecule has 0 fully saturated rings. The first-order valence-electron chi connectivity index (χ1n) is 5.60. The highest BCUT2D eigenvalue weighted by Crippen LogP contribution is 2.13. The molecular formula is C13H20BrNO. The summed E-state index contributed by atoms with van der Waals surface area (Å²) in [5.74, 6) is 0. The van der Waals surface area contributed by atoms with E-state index >= 15 is 0 Å². The second-order valence-electron chi connectivity index (χ2n) is 4.10. The molecule has 16 heavy (non-hydrogen) atoms. The normalized spacial score (nSPS) is 14.8. The number of hydrogen-bond acceptors (Lipinski definition) is 2. The van der Waals surface area contributed by atoms with E-state index in [9.17, 15) is 0 Å². The fourth-order valence-electron chi connectivity index (χ4n) is 1.71. The monoisotopic (exact) mass is 285 g/mol. The number of ether oxygens (including phenoxy) is 1. The maximum Gasteiger partial charge on any atom is 0.0558 e. The number of hydrogen-bond donors (Lipinski definition) is 1. The molecule has 0 radical (unpaired) electrons. The molecule has 0 aliphatic rings. The van der Waals surface area contributed by atoms with Crippen LogP contribution in [-0.2, 0) is 11.2 Å². The summed E-state index contributed by atoms with van der Waals surface area (Å²) < 4.78 is 6.42. The second kappa shape index (κ2) is 7.05. The third-order valence-electron chi connectivity index (χ3n) is 2.82. The zero-order valence-corrected chi connectivity index (χ0v) is 11.8. The van der Waals surface area contributed by atoms with Gasteiger partial charge in [-0.05, 0) is 44.5 Å². The van der Waals surface area contributed by atoms with Crippen molar-refractivity contribution in [3.05, 3.63) is 34.3 Å². The maximum atomic E-state index is 5.29. The van der Waals surface area contributed by atoms with Crippen LogP contribution in [0.25, 0.3) is 0 Å². The molecule has 0 spiro atoms. The molecule has 0 aromatic heterocycles. The lowest BCUT2D eigenvalue weighted by atomic mass is 10.0. The summed E-state index contributed by atoms with van der Waals surface area (Å²) in [5.41, 5.74) is 1.35. The molecule has 0 heterocycles. The van der Waals surface area contributed by atoms with Crippen molar-refractivity contribution >= 4 is 15.9 Å². The fraction of sp³-hybridized carbons (Fsp3) is 0.538. The number of likely N-dealkylation sites (N-methyl/N-ethyl adjacent to an activating group) is 1. The first-order valence-corrected chi connectivity index (χ1v) is 6.39. The SMILES string of the molecule is CNC(Cc1ccc(Br)cc1)CC(C)OC. The minimum absolute atomic E-state index is 0.299. The Balaban J connectivity index is 2.52. The molecule has 1 rings (SSSR count). The van der Waals surface area contributed by atoms with Crippen LogP contribution in [0.3, 0.4) is 0 Å². The molecule has 2 unspecified atom stereocenters. The first kappa shape index (κ1) is 13.7. The molecule has 2 nitrogen and oxygen atoms in total. The van der Waals surface area contributed by atoms with Crippen LogP contribution in [0, 0.1) is 0 Å². The van der Waals surface area contributed by atoms with Crippen molar-refractivity contribution in [1.82, 2.24) is 5.32 Å². The Morgan fingerprint density at radius 2 is 1.94 bits per heavy atom. The quantitative estimate of drug-likeness (QED) is 0.868. The molecule has 1 N–H and O–H groups in total. The van der Waals surface area contributed by atoms with Crippen molar-refractivity contribution in [2.75, 3.05) is 14.2 Å². The van der Waals surface area contributed by atoms with Gasteiger partial charge in [0.2, 0.25) is 0 Å². The van der Waals surface area contributed by atoms with Crippen molar-refractivity contribution < 1.29 is 4.74 Å². The Labute approximate surface area is 107 Å². The Kier molecular flexibility index (Phi) is 6.03. The largest absolute Gasteiger partial charge is 0.382 e. The lowest BCUT2D eigenvalue weighted by Crippen LogP contribution is -2.31. The summed E-state index contributed by atoms with van der Waals surface area (Å²) >= 11 is 3.44. The zero-order valence-electron chi connectivity index (χ0n) is 10.2. The second-order valence-corrected chi connectivity index (χ2v) is 5.01. The lowest BCUT2D eigenvalue weighted by molar-refractivity contribution is 0.101. The molecule has 0 saturated heterocycles. The van der Waals surface area contributed by atoms with E-state index in [1.165, 1.54) is 5.56 Å². The zero-order chi connectivity index (χ0) is 12.0. The van der Waals surface area contributed by atoms with Gasteiger partial charge in [-0.1, -0.05) is 28.1 Å². The summed E-state index contributed by atoms with van der Waals surface area (Å²) in [6, 6.07) is 8.96. The smallest absolute Gasteiger partial charge is 0.0558 e. The standard InChI is InChI=1S/C13H20BrNO/c1-10(16-3)8-13(15-2)9-11-4-6-12(14)7-5-11/h4-7,10,13,15H,8-9H2,1-3H3. The molecule has 1 aromatic rings. The van der Waals surface area contributed by atoms with E-state index in [0.717, 1.165) is 17.3 Å². The molecule has 0 bridgehead atoms. The molecule has 0 aliphatic heterocycles. The molecule has 0 amide bonds. The van der Waals surface area contributed by atoms with Gasteiger partial charge in [-0.25, -0.2) is 0 Å². The van der Waals surface area contributed by atoms with Gasteiger partial charge in [0.05, 0.1) is 6.10 Å². The summed E-state index contributed by atoms with van der Waals surface area (Å²) in [5, 5.41) is 3.34. The number of methoxy groups -OCH3 is 1. The van der Waals surface area contributed by atoms with E-state index in [-0.39, 0.29) is 0 Å². The fourth-order valence-corrected chi connectivity index (χ4v) is 1.97. The van der Waals surface area contributed by atoms with Gasteiger partial charge in [0.25, 0.3) is 0 Å². The minimum atomic E-state index is 0.299. The van der Waals surface area contributed by atoms with Gasteiger partial charge in [0, 0.05) is 17.6 Å². The van der Waals surface area contributed by atoms with Gasteiger partial charge < -0.3 is 10.1 Å². The number of benzene rings is 1. The highest BCUT2D eigenvalue weighted by Gasteiger charge is 2.11. The lowest BCUT2D eigenvalue weighted by Gasteiger charge is -2.19. The van der Waals surface area contributed by atoms with Crippen LogP contribution in [0.15, 0.2) is 28.7 Å². The van der Waals surface area contributed by atoms with Crippen LogP contribution in [0.5, 0.6) is 0 Å². The number of halogens is 1. The third kappa shape index (κ3) is 4.64. The Morgan fingerprint density at radius 3 is 2.44 bits per heavy atom. The van der Waals surface area contributed by atoms with E-state index in [1.54, 1.807) is 7.11 Å². The average Bonchev–Trinajstić information content (AvgIpc) is 2.30. The van der Waals surface area contributed by atoms with Crippen LogP contribution in [-0.4, -0.2) is 26.3 Å².